The standard InChI is InChI=1S/C12H14N2O/c13-12(6-8(15)7-12)10-2-1-3-11-9(10)4-5-14-11/h1-5,8,14-15H,6-7,13H2. The van der Waals surface area contributed by atoms with E-state index in [1.807, 2.05) is 24.4 Å². The number of rotatable bonds is 1. The minimum Gasteiger partial charge on any atom is -0.393 e. The summed E-state index contributed by atoms with van der Waals surface area (Å²) < 4.78 is 0. The first kappa shape index (κ1) is 8.95. The number of nitrogens with one attached hydrogen (secondary N) is 1. The fourth-order valence-corrected chi connectivity index (χ4v) is 2.52. The van der Waals surface area contributed by atoms with Crippen molar-refractivity contribution in [1.29, 1.82) is 0 Å². The molecule has 1 fully saturated rings. The van der Waals surface area contributed by atoms with Gasteiger partial charge >= 0.3 is 0 Å². The van der Waals surface area contributed by atoms with Crippen LogP contribution in [0.5, 0.6) is 0 Å². The number of nitrogens with two attached hydrogens (primary N) is 1. The molecule has 0 atom stereocenters. The maximum atomic E-state index is 9.38. The minimum atomic E-state index is -0.332. The highest BCUT2D eigenvalue weighted by atomic mass is 16.3. The lowest BCUT2D eigenvalue weighted by Crippen LogP contribution is -2.51. The zero-order valence-electron chi connectivity index (χ0n) is 8.40. The van der Waals surface area contributed by atoms with Crippen molar-refractivity contribution in [2.24, 2.45) is 5.73 Å². The Balaban J connectivity index is 2.14. The number of aromatic amines is 1. The van der Waals surface area contributed by atoms with Crippen molar-refractivity contribution in [2.45, 2.75) is 24.5 Å². The van der Waals surface area contributed by atoms with E-state index in [9.17, 15) is 5.11 Å². The van der Waals surface area contributed by atoms with Crippen molar-refractivity contribution in [2.75, 3.05) is 0 Å². The third kappa shape index (κ3) is 1.20. The van der Waals surface area contributed by atoms with Crippen LogP contribution in [0.2, 0.25) is 0 Å². The summed E-state index contributed by atoms with van der Waals surface area (Å²) in [6, 6.07) is 8.15. The summed E-state index contributed by atoms with van der Waals surface area (Å²) in [6.07, 6.45) is 3.02. The van der Waals surface area contributed by atoms with E-state index in [1.165, 1.54) is 5.39 Å². The highest BCUT2D eigenvalue weighted by Crippen LogP contribution is 2.41. The Hall–Kier alpha value is -1.32. The first-order valence-electron chi connectivity index (χ1n) is 5.23. The number of hydrogen-bond donors (Lipinski definition) is 3. The Morgan fingerprint density at radius 1 is 1.33 bits per heavy atom. The quantitative estimate of drug-likeness (QED) is 0.656. The van der Waals surface area contributed by atoms with Gasteiger partial charge in [0.2, 0.25) is 0 Å². The highest BCUT2D eigenvalue weighted by Gasteiger charge is 2.42. The molecule has 0 unspecified atom stereocenters. The molecule has 1 saturated carbocycles. The number of aliphatic hydroxyl groups is 1. The summed E-state index contributed by atoms with van der Waals surface area (Å²) in [4.78, 5) is 3.17. The number of hydrogen-bond acceptors (Lipinski definition) is 2. The molecule has 78 valence electrons. The molecule has 2 aromatic rings. The smallest absolute Gasteiger partial charge is 0.0582 e. The number of aromatic nitrogens is 1. The van der Waals surface area contributed by atoms with Crippen molar-refractivity contribution in [3.8, 4) is 0 Å². The molecule has 0 bridgehead atoms. The predicted octanol–water partition coefficient (Wildman–Crippen LogP) is 1.48. The van der Waals surface area contributed by atoms with E-state index in [4.69, 9.17) is 5.73 Å². The third-order valence-electron chi connectivity index (χ3n) is 3.33. The van der Waals surface area contributed by atoms with Crippen LogP contribution in [-0.4, -0.2) is 16.2 Å². The first-order valence-corrected chi connectivity index (χ1v) is 5.23. The van der Waals surface area contributed by atoms with Crippen LogP contribution in [0.3, 0.4) is 0 Å². The van der Waals surface area contributed by atoms with Crippen molar-refractivity contribution >= 4 is 10.9 Å². The Morgan fingerprint density at radius 2 is 2.13 bits per heavy atom. The maximum Gasteiger partial charge on any atom is 0.0582 e. The van der Waals surface area contributed by atoms with E-state index in [0.717, 1.165) is 11.1 Å². The molecular weight excluding hydrogens is 188 g/mol. The van der Waals surface area contributed by atoms with Gasteiger partial charge < -0.3 is 15.8 Å². The monoisotopic (exact) mass is 202 g/mol. The molecule has 0 radical (unpaired) electrons. The van der Waals surface area contributed by atoms with Crippen molar-refractivity contribution in [1.82, 2.24) is 4.98 Å². The van der Waals surface area contributed by atoms with E-state index >= 15 is 0 Å². The SMILES string of the molecule is NC1(c2cccc3[nH]ccc23)CC(O)C1. The first-order chi connectivity index (χ1) is 7.19. The van der Waals surface area contributed by atoms with Gasteiger partial charge in [0.05, 0.1) is 6.10 Å². The summed E-state index contributed by atoms with van der Waals surface area (Å²) in [6.45, 7) is 0. The van der Waals surface area contributed by atoms with Gasteiger partial charge in [-0.05, 0) is 30.5 Å². The molecule has 4 N–H and O–H groups in total. The van der Waals surface area contributed by atoms with Crippen LogP contribution in [0.1, 0.15) is 18.4 Å². The zero-order chi connectivity index (χ0) is 10.5. The van der Waals surface area contributed by atoms with Gasteiger partial charge in [0.1, 0.15) is 0 Å². The highest BCUT2D eigenvalue weighted by molar-refractivity contribution is 5.84. The summed E-state index contributed by atoms with van der Waals surface area (Å²) in [5.74, 6) is 0. The van der Waals surface area contributed by atoms with E-state index in [2.05, 4.69) is 11.1 Å². The molecule has 1 heterocycles. The number of fused-ring (bicyclic) bond motifs is 1. The fourth-order valence-electron chi connectivity index (χ4n) is 2.52. The van der Waals surface area contributed by atoms with Gasteiger partial charge in [-0.1, -0.05) is 12.1 Å². The van der Waals surface area contributed by atoms with E-state index in [-0.39, 0.29) is 11.6 Å². The van der Waals surface area contributed by atoms with Crippen LogP contribution in [0.15, 0.2) is 30.5 Å². The van der Waals surface area contributed by atoms with Crippen molar-refractivity contribution in [3.05, 3.63) is 36.0 Å². The number of aliphatic hydroxyl groups excluding tert-OH is 1. The van der Waals surface area contributed by atoms with E-state index in [0.29, 0.717) is 12.8 Å². The molecule has 0 spiro atoms. The molecular formula is C12H14N2O. The van der Waals surface area contributed by atoms with Crippen LogP contribution in [0, 0.1) is 0 Å². The normalized spacial score (nSPS) is 30.4. The van der Waals surface area contributed by atoms with Crippen LogP contribution in [-0.2, 0) is 5.54 Å². The lowest BCUT2D eigenvalue weighted by atomic mass is 9.70. The van der Waals surface area contributed by atoms with Crippen LogP contribution in [0.4, 0.5) is 0 Å². The molecule has 3 heteroatoms. The van der Waals surface area contributed by atoms with Gasteiger partial charge in [-0.15, -0.1) is 0 Å². The Bertz CT molecular complexity index is 497. The lowest BCUT2D eigenvalue weighted by Gasteiger charge is -2.43. The van der Waals surface area contributed by atoms with Gasteiger partial charge in [-0.2, -0.15) is 0 Å². The Morgan fingerprint density at radius 3 is 2.87 bits per heavy atom. The van der Waals surface area contributed by atoms with Crippen molar-refractivity contribution < 1.29 is 5.11 Å². The van der Waals surface area contributed by atoms with Crippen molar-refractivity contribution in [3.63, 3.8) is 0 Å². The summed E-state index contributed by atoms with van der Waals surface area (Å²) in [5, 5.41) is 10.6. The molecule has 1 aromatic heterocycles. The lowest BCUT2D eigenvalue weighted by molar-refractivity contribution is 0.0217. The van der Waals surface area contributed by atoms with Gasteiger partial charge in [-0.3, -0.25) is 0 Å². The molecule has 15 heavy (non-hydrogen) atoms. The second-order valence-corrected chi connectivity index (χ2v) is 4.46. The molecule has 3 rings (SSSR count). The molecule has 0 saturated heterocycles. The molecule has 1 aromatic carbocycles. The summed E-state index contributed by atoms with van der Waals surface area (Å²) in [7, 11) is 0. The Labute approximate surface area is 87.9 Å². The summed E-state index contributed by atoms with van der Waals surface area (Å²) in [5.41, 5.74) is 8.19. The minimum absolute atomic E-state index is 0.232. The molecule has 1 aliphatic carbocycles. The van der Waals surface area contributed by atoms with E-state index in [1.54, 1.807) is 0 Å². The van der Waals surface area contributed by atoms with E-state index < -0.39 is 0 Å². The fraction of sp³-hybridized carbons (Fsp3) is 0.333. The second kappa shape index (κ2) is 2.84. The number of H-pyrrole nitrogens is 1. The predicted molar refractivity (Wildman–Crippen MR) is 59.4 cm³/mol. The van der Waals surface area contributed by atoms with Gasteiger partial charge in [0.25, 0.3) is 0 Å². The van der Waals surface area contributed by atoms with Crippen LogP contribution in [0.25, 0.3) is 10.9 Å². The molecule has 1 aliphatic rings. The largest absolute Gasteiger partial charge is 0.393 e. The zero-order valence-corrected chi connectivity index (χ0v) is 8.40. The Kier molecular flexibility index (Phi) is 1.69. The molecule has 0 aliphatic heterocycles. The van der Waals surface area contributed by atoms with Gasteiger partial charge in [0.15, 0.2) is 0 Å². The summed E-state index contributed by atoms with van der Waals surface area (Å²) >= 11 is 0. The topological polar surface area (TPSA) is 62.0 Å². The van der Waals surface area contributed by atoms with Gasteiger partial charge in [0, 0.05) is 22.6 Å². The average Bonchev–Trinajstić information content (AvgIpc) is 2.62. The third-order valence-corrected chi connectivity index (χ3v) is 3.33. The molecule has 3 nitrogen and oxygen atoms in total. The second-order valence-electron chi connectivity index (χ2n) is 4.46. The van der Waals surface area contributed by atoms with Crippen LogP contribution < -0.4 is 5.73 Å². The molecule has 0 amide bonds. The average molecular weight is 202 g/mol. The van der Waals surface area contributed by atoms with Gasteiger partial charge in [-0.25, -0.2) is 0 Å². The van der Waals surface area contributed by atoms with Crippen LogP contribution >= 0.6 is 0 Å². The maximum absolute atomic E-state index is 9.38. The number of benzene rings is 1.